The minimum absolute atomic E-state index is 0.114. The molecule has 1 aliphatic carbocycles. The summed E-state index contributed by atoms with van der Waals surface area (Å²) in [5, 5.41) is 8.96. The molecule has 15 heavy (non-hydrogen) atoms. The fourth-order valence-corrected chi connectivity index (χ4v) is 2.66. The molecule has 2 nitrogen and oxygen atoms in total. The third-order valence-electron chi connectivity index (χ3n) is 3.44. The van der Waals surface area contributed by atoms with Gasteiger partial charge in [0.1, 0.15) is 0 Å². The quantitative estimate of drug-likeness (QED) is 0.490. The van der Waals surface area contributed by atoms with Gasteiger partial charge in [0, 0.05) is 0 Å². The van der Waals surface area contributed by atoms with Crippen LogP contribution in [0.1, 0.15) is 52.4 Å². The Morgan fingerprint density at radius 2 is 2.33 bits per heavy atom. The highest BCUT2D eigenvalue weighted by Crippen LogP contribution is 2.45. The average Bonchev–Trinajstić information content (AvgIpc) is 2.23. The summed E-state index contributed by atoms with van der Waals surface area (Å²) in [4.78, 5) is 3.38. The molecule has 0 bridgehead atoms. The molecule has 1 saturated carbocycles. The lowest BCUT2D eigenvalue weighted by Crippen LogP contribution is -2.24. The van der Waals surface area contributed by atoms with Crippen LogP contribution in [-0.2, 0) is 0 Å². The number of hydrogen-bond donors (Lipinski definition) is 0. The summed E-state index contributed by atoms with van der Waals surface area (Å²) in [5.41, 5.74) is 1.58. The van der Waals surface area contributed by atoms with E-state index in [4.69, 9.17) is 11.8 Å². The van der Waals surface area contributed by atoms with Gasteiger partial charge in [0.15, 0.2) is 0 Å². The van der Waals surface area contributed by atoms with E-state index in [9.17, 15) is 0 Å². The van der Waals surface area contributed by atoms with E-state index in [2.05, 4.69) is 24.8 Å². The van der Waals surface area contributed by atoms with Gasteiger partial charge in [-0.3, -0.25) is 0 Å². The summed E-state index contributed by atoms with van der Waals surface area (Å²) in [6.07, 6.45) is 6.67. The highest BCUT2D eigenvalue weighted by molar-refractivity contribution is 5.37. The second-order valence-corrected chi connectivity index (χ2v) is 4.57. The van der Waals surface area contributed by atoms with E-state index >= 15 is 0 Å². The van der Waals surface area contributed by atoms with Crippen LogP contribution >= 0.6 is 0 Å². The summed E-state index contributed by atoms with van der Waals surface area (Å²) in [6, 6.07) is 2.06. The number of nitriles is 1. The zero-order valence-corrected chi connectivity index (χ0v) is 9.64. The first-order chi connectivity index (χ1) is 7.18. The maximum atomic E-state index is 8.96. The molecule has 1 fully saturated rings. The van der Waals surface area contributed by atoms with Crippen LogP contribution in [-0.4, -0.2) is 0 Å². The van der Waals surface area contributed by atoms with E-state index in [1.807, 2.05) is 0 Å². The van der Waals surface area contributed by atoms with Crippen molar-refractivity contribution in [2.75, 3.05) is 0 Å². The van der Waals surface area contributed by atoms with Crippen molar-refractivity contribution in [1.29, 1.82) is 5.26 Å². The van der Waals surface area contributed by atoms with Crippen LogP contribution < -0.4 is 0 Å². The molecule has 1 aliphatic rings. The third kappa shape index (κ3) is 2.39. The van der Waals surface area contributed by atoms with Crippen molar-refractivity contribution >= 4 is 0 Å². The Hall–Kier alpha value is -1.28. The van der Waals surface area contributed by atoms with Crippen molar-refractivity contribution < 1.29 is 0 Å². The fourth-order valence-electron chi connectivity index (χ4n) is 2.66. The molecule has 1 atom stereocenters. The molecule has 2 heteroatoms. The molecule has 1 rings (SSSR count). The molecule has 0 heterocycles. The van der Waals surface area contributed by atoms with E-state index < -0.39 is 0 Å². The smallest absolute Gasteiger partial charge is 0.227 e. The lowest BCUT2D eigenvalue weighted by atomic mass is 9.68. The molecule has 0 aromatic rings. The van der Waals surface area contributed by atoms with Crippen LogP contribution in [0.25, 0.3) is 4.85 Å². The van der Waals surface area contributed by atoms with Gasteiger partial charge in [-0.15, -0.1) is 0 Å². The van der Waals surface area contributed by atoms with Crippen molar-refractivity contribution in [3.05, 3.63) is 22.7 Å². The minimum atomic E-state index is 0.114. The Labute approximate surface area is 92.4 Å². The summed E-state index contributed by atoms with van der Waals surface area (Å²) in [5.74, 6) is 0. The van der Waals surface area contributed by atoms with Crippen LogP contribution in [0.5, 0.6) is 0 Å². The summed E-state index contributed by atoms with van der Waals surface area (Å²) < 4.78 is 0. The highest BCUT2D eigenvalue weighted by atomic mass is 14.7. The van der Waals surface area contributed by atoms with Crippen molar-refractivity contribution in [2.24, 2.45) is 5.41 Å². The molecule has 0 spiro atoms. The van der Waals surface area contributed by atoms with Gasteiger partial charge in [0.05, 0.1) is 12.6 Å². The molecular weight excluding hydrogens is 184 g/mol. The van der Waals surface area contributed by atoms with Gasteiger partial charge >= 0.3 is 0 Å². The van der Waals surface area contributed by atoms with Gasteiger partial charge in [-0.05, 0) is 30.3 Å². The zero-order chi connectivity index (χ0) is 11.3. The Balaban J connectivity index is 3.09. The predicted molar refractivity (Wildman–Crippen MR) is 60.7 cm³/mol. The zero-order valence-electron chi connectivity index (χ0n) is 9.64. The normalized spacial score (nSPS) is 29.1. The minimum Gasteiger partial charge on any atom is -0.227 e. The van der Waals surface area contributed by atoms with E-state index in [-0.39, 0.29) is 5.41 Å². The molecular formula is C13H18N2. The van der Waals surface area contributed by atoms with Gasteiger partial charge in [-0.25, -0.2) is 10.1 Å². The summed E-state index contributed by atoms with van der Waals surface area (Å²) in [6.45, 7) is 11.4. The maximum Gasteiger partial charge on any atom is 0.261 e. The molecule has 0 aromatic heterocycles. The van der Waals surface area contributed by atoms with Gasteiger partial charge in [0.2, 0.25) is 0 Å². The van der Waals surface area contributed by atoms with E-state index in [0.717, 1.165) is 37.7 Å². The van der Waals surface area contributed by atoms with Crippen molar-refractivity contribution in [3.63, 3.8) is 0 Å². The summed E-state index contributed by atoms with van der Waals surface area (Å²) >= 11 is 0. The molecule has 0 N–H and O–H groups in total. The lowest BCUT2D eigenvalue weighted by Gasteiger charge is -2.37. The SMILES string of the molecule is [C-]#[N+]/C(C#N)=C1\CCCCC1(C)CCC. The van der Waals surface area contributed by atoms with Gasteiger partial charge in [-0.2, -0.15) is 0 Å². The monoisotopic (exact) mass is 202 g/mol. The van der Waals surface area contributed by atoms with Gasteiger partial charge < -0.3 is 0 Å². The molecule has 0 saturated heterocycles. The van der Waals surface area contributed by atoms with Crippen LogP contribution in [0, 0.1) is 23.3 Å². The molecule has 1 unspecified atom stereocenters. The second-order valence-electron chi connectivity index (χ2n) is 4.57. The van der Waals surface area contributed by atoms with Crippen molar-refractivity contribution in [1.82, 2.24) is 0 Å². The van der Waals surface area contributed by atoms with Crippen LogP contribution in [0.4, 0.5) is 0 Å². The van der Waals surface area contributed by atoms with Crippen LogP contribution in [0.2, 0.25) is 0 Å². The molecule has 0 radical (unpaired) electrons. The van der Waals surface area contributed by atoms with E-state index in [1.54, 1.807) is 0 Å². The molecule has 80 valence electrons. The molecule has 0 amide bonds. The van der Waals surface area contributed by atoms with Gasteiger partial charge in [0.25, 0.3) is 5.70 Å². The first-order valence-corrected chi connectivity index (χ1v) is 5.69. The van der Waals surface area contributed by atoms with Crippen LogP contribution in [0.3, 0.4) is 0 Å². The average molecular weight is 202 g/mol. The molecule has 0 aromatic carbocycles. The Bertz CT molecular complexity index is 321. The Morgan fingerprint density at radius 1 is 1.60 bits per heavy atom. The highest BCUT2D eigenvalue weighted by Gasteiger charge is 2.32. The second kappa shape index (κ2) is 4.99. The van der Waals surface area contributed by atoms with Crippen LogP contribution in [0.15, 0.2) is 11.3 Å². The fraction of sp³-hybridized carbons (Fsp3) is 0.692. The largest absolute Gasteiger partial charge is 0.261 e. The molecule has 0 aliphatic heterocycles. The number of nitrogens with zero attached hydrogens (tertiary/aromatic N) is 2. The van der Waals surface area contributed by atoms with Gasteiger partial charge in [-0.1, -0.05) is 33.1 Å². The standard InChI is InChI=1S/C13H18N2/c1-4-8-13(2)9-6-5-7-11(13)12(10-14)15-3/h4-9H2,1-2H3/b12-11+. The lowest BCUT2D eigenvalue weighted by molar-refractivity contribution is 0.278. The Kier molecular flexibility index (Phi) is 3.92. The maximum absolute atomic E-state index is 8.96. The number of hydrogen-bond acceptors (Lipinski definition) is 1. The van der Waals surface area contributed by atoms with Crippen molar-refractivity contribution in [3.8, 4) is 6.07 Å². The first kappa shape index (κ1) is 11.8. The summed E-state index contributed by atoms with van der Waals surface area (Å²) in [7, 11) is 0. The third-order valence-corrected chi connectivity index (χ3v) is 3.44. The first-order valence-electron chi connectivity index (χ1n) is 5.69. The number of allylic oxidation sites excluding steroid dienone is 2. The van der Waals surface area contributed by atoms with E-state index in [0.29, 0.717) is 5.70 Å². The predicted octanol–water partition coefficient (Wildman–Crippen LogP) is 4.06. The topological polar surface area (TPSA) is 28.1 Å². The van der Waals surface area contributed by atoms with Crippen molar-refractivity contribution in [2.45, 2.75) is 52.4 Å². The van der Waals surface area contributed by atoms with E-state index in [1.165, 1.54) is 6.42 Å². The Morgan fingerprint density at radius 3 is 2.87 bits per heavy atom. The number of rotatable bonds is 2.